The van der Waals surface area contributed by atoms with Gasteiger partial charge in [0.1, 0.15) is 18.0 Å². The minimum absolute atomic E-state index is 0.190. The van der Waals surface area contributed by atoms with Crippen LogP contribution in [0.5, 0.6) is 0 Å². The molecule has 0 bridgehead atoms. The topological polar surface area (TPSA) is 163 Å². The number of carbonyl (C=O) groups is 2. The van der Waals surface area contributed by atoms with E-state index in [1.165, 1.54) is 0 Å². The lowest BCUT2D eigenvalue weighted by Gasteiger charge is -2.47. The molecule has 31 heavy (non-hydrogen) atoms. The average molecular weight is 469 g/mol. The van der Waals surface area contributed by atoms with Gasteiger partial charge in [-0.2, -0.15) is 11.8 Å². The highest BCUT2D eigenvalue weighted by Crippen LogP contribution is 2.39. The first kappa shape index (κ1) is 28.2. The molecule has 1 fully saturated rings. The highest BCUT2D eigenvalue weighted by atomic mass is 32.2. The fraction of sp³-hybridized carbons (Fsp3) is 0.900. The van der Waals surface area contributed by atoms with Crippen molar-refractivity contribution in [2.75, 3.05) is 31.8 Å². The molecule has 0 saturated carbocycles. The molecule has 7 unspecified atom stereocenters. The predicted molar refractivity (Wildman–Crippen MR) is 113 cm³/mol. The van der Waals surface area contributed by atoms with Crippen LogP contribution in [-0.4, -0.2) is 105 Å². The third kappa shape index (κ3) is 7.93. The van der Waals surface area contributed by atoms with E-state index in [1.807, 2.05) is 0 Å². The number of rotatable bonds is 14. The van der Waals surface area contributed by atoms with Crippen LogP contribution in [0.4, 0.5) is 0 Å². The molecule has 11 heteroatoms. The van der Waals surface area contributed by atoms with Crippen molar-refractivity contribution < 1.29 is 49.3 Å². The van der Waals surface area contributed by atoms with Crippen LogP contribution in [0.25, 0.3) is 0 Å². The van der Waals surface area contributed by atoms with Crippen molar-refractivity contribution in [1.82, 2.24) is 0 Å². The molecule has 0 aromatic carbocycles. The van der Waals surface area contributed by atoms with E-state index in [0.29, 0.717) is 12.4 Å². The number of carboxylic acids is 1. The number of ether oxygens (including phenoxy) is 3. The Kier molecular flexibility index (Phi) is 11.9. The van der Waals surface area contributed by atoms with E-state index in [9.17, 15) is 35.1 Å². The zero-order valence-electron chi connectivity index (χ0n) is 18.5. The summed E-state index contributed by atoms with van der Waals surface area (Å²) < 4.78 is 16.0. The van der Waals surface area contributed by atoms with E-state index < -0.39 is 61.2 Å². The van der Waals surface area contributed by atoms with Crippen LogP contribution in [0.2, 0.25) is 0 Å². The van der Waals surface area contributed by atoms with Crippen LogP contribution in [0, 0.1) is 11.8 Å². The number of hydrogen-bond acceptors (Lipinski definition) is 10. The van der Waals surface area contributed by atoms with E-state index in [-0.39, 0.29) is 18.1 Å². The summed E-state index contributed by atoms with van der Waals surface area (Å²) in [5, 5.41) is 50.1. The van der Waals surface area contributed by atoms with Crippen LogP contribution in [0.1, 0.15) is 33.6 Å². The van der Waals surface area contributed by atoms with Crippen LogP contribution in [0.15, 0.2) is 0 Å². The van der Waals surface area contributed by atoms with Gasteiger partial charge in [0, 0.05) is 43.3 Å². The minimum Gasteiger partial charge on any atom is -0.477 e. The molecular formula is C20H36O10S. The largest absolute Gasteiger partial charge is 0.477 e. The number of thioether (sulfide) groups is 1. The normalized spacial score (nSPS) is 29.5. The maximum absolute atomic E-state index is 12.7. The lowest BCUT2D eigenvalue weighted by atomic mass is 9.79. The van der Waals surface area contributed by atoms with Gasteiger partial charge in [-0.1, -0.05) is 6.92 Å². The number of carbonyl (C=O) groups excluding carboxylic acids is 1. The number of methoxy groups -OCH3 is 1. The molecule has 5 N–H and O–H groups in total. The van der Waals surface area contributed by atoms with Crippen LogP contribution >= 0.6 is 11.8 Å². The summed E-state index contributed by atoms with van der Waals surface area (Å²) in [7, 11) is 1.59. The second kappa shape index (κ2) is 13.0. The van der Waals surface area contributed by atoms with Crippen molar-refractivity contribution in [1.29, 1.82) is 0 Å². The second-order valence-corrected chi connectivity index (χ2v) is 9.27. The molecule has 1 aliphatic heterocycles. The number of aliphatic carboxylic acids is 1. The Balaban J connectivity index is 3.06. The van der Waals surface area contributed by atoms with Crippen LogP contribution < -0.4 is 0 Å². The first-order valence-corrected chi connectivity index (χ1v) is 11.5. The Labute approximate surface area is 186 Å². The van der Waals surface area contributed by atoms with Gasteiger partial charge in [-0.15, -0.1) is 0 Å². The summed E-state index contributed by atoms with van der Waals surface area (Å²) in [5.41, 5.74) is 0. The van der Waals surface area contributed by atoms with E-state index in [2.05, 4.69) is 0 Å². The first-order valence-electron chi connectivity index (χ1n) is 10.3. The molecule has 0 aliphatic carbocycles. The molecule has 0 amide bonds. The lowest BCUT2D eigenvalue weighted by Crippen LogP contribution is -2.62. The molecule has 10 nitrogen and oxygen atoms in total. The first-order chi connectivity index (χ1) is 14.5. The summed E-state index contributed by atoms with van der Waals surface area (Å²) in [5.74, 6) is -4.03. The van der Waals surface area contributed by atoms with Gasteiger partial charge in [-0.25, -0.2) is 4.79 Å². The molecule has 0 radical (unpaired) electrons. The van der Waals surface area contributed by atoms with Crippen molar-refractivity contribution >= 4 is 23.5 Å². The zero-order chi connectivity index (χ0) is 23.8. The highest BCUT2D eigenvalue weighted by Gasteiger charge is 2.56. The van der Waals surface area contributed by atoms with Crippen molar-refractivity contribution in [2.24, 2.45) is 11.8 Å². The van der Waals surface area contributed by atoms with Crippen molar-refractivity contribution in [2.45, 2.75) is 69.9 Å². The fourth-order valence-electron chi connectivity index (χ4n) is 3.48. The summed E-state index contributed by atoms with van der Waals surface area (Å²) in [6.45, 7) is 4.67. The van der Waals surface area contributed by atoms with E-state index in [1.54, 1.807) is 39.6 Å². The molecule has 1 saturated heterocycles. The number of hydrogen-bond donors (Lipinski definition) is 5. The van der Waals surface area contributed by atoms with E-state index in [4.69, 9.17) is 14.2 Å². The van der Waals surface area contributed by atoms with Crippen molar-refractivity contribution in [3.63, 3.8) is 0 Å². The van der Waals surface area contributed by atoms with Gasteiger partial charge in [0.15, 0.2) is 0 Å². The Bertz CT molecular complexity index is 574. The Morgan fingerprint density at radius 3 is 2.42 bits per heavy atom. The number of carboxylic acid groups (broad SMARTS) is 1. The van der Waals surface area contributed by atoms with Crippen molar-refractivity contribution in [3.05, 3.63) is 0 Å². The van der Waals surface area contributed by atoms with Gasteiger partial charge < -0.3 is 39.7 Å². The predicted octanol–water partition coefficient (Wildman–Crippen LogP) is -0.353. The Morgan fingerprint density at radius 1 is 1.26 bits per heavy atom. The smallest absolute Gasteiger partial charge is 0.364 e. The third-order valence-electron chi connectivity index (χ3n) is 5.18. The Morgan fingerprint density at radius 2 is 1.90 bits per heavy atom. The summed E-state index contributed by atoms with van der Waals surface area (Å²) >= 11 is 1.54. The summed E-state index contributed by atoms with van der Waals surface area (Å²) in [6, 6.07) is 0. The molecule has 1 heterocycles. The lowest BCUT2D eigenvalue weighted by molar-refractivity contribution is -0.327. The molecule has 182 valence electrons. The van der Waals surface area contributed by atoms with Gasteiger partial charge in [-0.05, 0) is 13.8 Å². The molecular weight excluding hydrogens is 432 g/mol. The highest BCUT2D eigenvalue weighted by molar-refractivity contribution is 7.99. The summed E-state index contributed by atoms with van der Waals surface area (Å²) in [6.07, 6.45) is -7.41. The van der Waals surface area contributed by atoms with Gasteiger partial charge in [0.05, 0.1) is 31.5 Å². The fourth-order valence-corrected chi connectivity index (χ4v) is 4.47. The zero-order valence-corrected chi connectivity index (χ0v) is 19.3. The van der Waals surface area contributed by atoms with Gasteiger partial charge in [0.25, 0.3) is 5.79 Å². The second-order valence-electron chi connectivity index (χ2n) is 8.12. The molecule has 7 atom stereocenters. The number of Topliss-reactive ketones (excluding diaryl/α,β-unsaturated/α-hetero) is 1. The molecule has 1 aliphatic rings. The molecule has 0 spiro atoms. The molecule has 0 aromatic heterocycles. The third-order valence-corrected chi connectivity index (χ3v) is 6.37. The Hall–Kier alpha value is -0.790. The van der Waals surface area contributed by atoms with Crippen LogP contribution in [-0.2, 0) is 23.8 Å². The molecule has 0 aromatic rings. The van der Waals surface area contributed by atoms with Crippen molar-refractivity contribution in [3.8, 4) is 0 Å². The standard InChI is InChI=1S/C20H36O10S/c1-11(2)29-20(19(26)27)8-15(23)13(18(30-20)17(25)16(24)9-21)7-14(22)12(3)10-31-6-5-28-4/h11-13,15-18,21,23-25H,5-10H2,1-4H3,(H,26,27). The van der Waals surface area contributed by atoms with Gasteiger partial charge >= 0.3 is 5.97 Å². The quantitative estimate of drug-likeness (QED) is 0.212. The molecule has 1 rings (SSSR count). The van der Waals surface area contributed by atoms with E-state index >= 15 is 0 Å². The SMILES string of the molecule is COCCSCC(C)C(=O)CC1C(O)CC(OC(C)C)(C(=O)O)OC1C(O)C(O)CO. The summed E-state index contributed by atoms with van der Waals surface area (Å²) in [4.78, 5) is 24.7. The maximum Gasteiger partial charge on any atom is 0.364 e. The maximum atomic E-state index is 12.7. The van der Waals surface area contributed by atoms with Gasteiger partial charge in [-0.3, -0.25) is 4.79 Å². The van der Waals surface area contributed by atoms with E-state index in [0.717, 1.165) is 5.75 Å². The monoisotopic (exact) mass is 468 g/mol. The van der Waals surface area contributed by atoms with Gasteiger partial charge in [0.2, 0.25) is 0 Å². The number of ketones is 1. The average Bonchev–Trinajstić information content (AvgIpc) is 2.70. The number of aliphatic hydroxyl groups is 4. The van der Waals surface area contributed by atoms with Crippen LogP contribution in [0.3, 0.4) is 0 Å². The number of aliphatic hydroxyl groups excluding tert-OH is 4. The minimum atomic E-state index is -2.25.